The van der Waals surface area contributed by atoms with Crippen LogP contribution in [0.4, 0.5) is 5.69 Å². The number of rotatable bonds is 10. The Bertz CT molecular complexity index is 1820. The minimum absolute atomic E-state index is 0.165. The van der Waals surface area contributed by atoms with Crippen LogP contribution < -0.4 is 9.04 Å². The van der Waals surface area contributed by atoms with Gasteiger partial charge in [0.15, 0.2) is 0 Å². The number of hydrogen-bond donors (Lipinski definition) is 0. The van der Waals surface area contributed by atoms with E-state index in [1.54, 1.807) is 55.7 Å². The molecule has 0 bridgehead atoms. The van der Waals surface area contributed by atoms with Gasteiger partial charge in [-0.1, -0.05) is 54.6 Å². The number of methoxy groups -OCH3 is 1. The van der Waals surface area contributed by atoms with E-state index in [1.165, 1.54) is 17.7 Å². The van der Waals surface area contributed by atoms with Crippen LogP contribution in [0.25, 0.3) is 22.0 Å². The maximum atomic E-state index is 14.0. The minimum atomic E-state index is -3.88. The van der Waals surface area contributed by atoms with Crippen molar-refractivity contribution in [2.75, 3.05) is 24.4 Å². The van der Waals surface area contributed by atoms with E-state index in [9.17, 15) is 13.0 Å². The van der Waals surface area contributed by atoms with Crippen molar-refractivity contribution in [3.05, 3.63) is 102 Å². The van der Waals surface area contributed by atoms with E-state index >= 15 is 0 Å². The molecule has 0 saturated carbocycles. The Hall–Kier alpha value is -4.03. The molecule has 2 unspecified atom stereocenters. The lowest BCUT2D eigenvalue weighted by atomic mass is 10.0. The lowest BCUT2D eigenvalue weighted by Crippen LogP contribution is -2.35. The van der Waals surface area contributed by atoms with Crippen LogP contribution in [0.1, 0.15) is 23.3 Å². The zero-order chi connectivity index (χ0) is 29.9. The second-order valence-electron chi connectivity index (χ2n) is 9.58. The Balaban J connectivity index is 1.61. The summed E-state index contributed by atoms with van der Waals surface area (Å²) in [5, 5.41) is 0.766. The molecule has 11 heteroatoms. The van der Waals surface area contributed by atoms with Gasteiger partial charge in [0, 0.05) is 41.5 Å². The molecule has 0 fully saturated rings. The van der Waals surface area contributed by atoms with Gasteiger partial charge in [0.2, 0.25) is 15.9 Å². The van der Waals surface area contributed by atoms with Gasteiger partial charge in [-0.05, 0) is 49.2 Å². The molecule has 2 atom stereocenters. The van der Waals surface area contributed by atoms with E-state index in [-0.39, 0.29) is 11.9 Å². The summed E-state index contributed by atoms with van der Waals surface area (Å²) in [5.74, 6) is 0.817. The first-order chi connectivity index (χ1) is 20.2. The van der Waals surface area contributed by atoms with Crippen LogP contribution >= 0.6 is 0 Å². The summed E-state index contributed by atoms with van der Waals surface area (Å²) in [7, 11) is -2.41. The van der Waals surface area contributed by atoms with E-state index in [1.807, 2.05) is 49.4 Å². The van der Waals surface area contributed by atoms with E-state index in [0.717, 1.165) is 5.56 Å². The Kier molecular flexibility index (Phi) is 8.74. The number of fused-ring (bicyclic) bond motifs is 1. The number of benzene rings is 3. The maximum absolute atomic E-state index is 14.0. The SMILES string of the molecule is COCN(c1cccc2c(Oc3ncccc3-c3ccnc([S+](C)[O-])n3)c(C)ccc12)S(=O)(=O)C(C)c1ccccc1. The zero-order valence-electron chi connectivity index (χ0n) is 23.6. The Morgan fingerprint density at radius 1 is 0.929 bits per heavy atom. The van der Waals surface area contributed by atoms with Crippen LogP contribution in [0.15, 0.2) is 96.4 Å². The van der Waals surface area contributed by atoms with E-state index < -0.39 is 26.4 Å². The van der Waals surface area contributed by atoms with Crippen LogP contribution in [-0.2, 0) is 25.9 Å². The molecule has 216 valence electrons. The average molecular weight is 603 g/mol. The van der Waals surface area contributed by atoms with Gasteiger partial charge in [-0.3, -0.25) is 0 Å². The predicted molar refractivity (Wildman–Crippen MR) is 164 cm³/mol. The molecule has 3 aromatic carbocycles. The van der Waals surface area contributed by atoms with Crippen LogP contribution in [0.5, 0.6) is 11.6 Å². The minimum Gasteiger partial charge on any atom is -0.609 e. The summed E-state index contributed by atoms with van der Waals surface area (Å²) in [6.07, 6.45) is 4.68. The third-order valence-electron chi connectivity index (χ3n) is 6.86. The molecule has 0 saturated heterocycles. The van der Waals surface area contributed by atoms with Crippen LogP contribution in [0.2, 0.25) is 0 Å². The zero-order valence-corrected chi connectivity index (χ0v) is 25.2. The van der Waals surface area contributed by atoms with Crippen molar-refractivity contribution < 1.29 is 22.4 Å². The monoisotopic (exact) mass is 602 g/mol. The van der Waals surface area contributed by atoms with Crippen molar-refractivity contribution in [2.45, 2.75) is 24.3 Å². The van der Waals surface area contributed by atoms with Crippen molar-refractivity contribution in [2.24, 2.45) is 0 Å². The fourth-order valence-electron chi connectivity index (χ4n) is 4.65. The number of pyridine rings is 1. The summed E-state index contributed by atoms with van der Waals surface area (Å²) in [5.41, 5.74) is 3.09. The summed E-state index contributed by atoms with van der Waals surface area (Å²) >= 11 is -1.36. The Morgan fingerprint density at radius 3 is 2.45 bits per heavy atom. The van der Waals surface area contributed by atoms with Crippen molar-refractivity contribution in [3.63, 3.8) is 0 Å². The van der Waals surface area contributed by atoms with Gasteiger partial charge in [-0.15, -0.1) is 0 Å². The molecule has 42 heavy (non-hydrogen) atoms. The summed E-state index contributed by atoms with van der Waals surface area (Å²) in [4.78, 5) is 13.0. The number of aryl methyl sites for hydroxylation is 1. The van der Waals surface area contributed by atoms with E-state index in [4.69, 9.17) is 9.47 Å². The number of anilines is 1. The number of hydrogen-bond acceptors (Lipinski definition) is 8. The van der Waals surface area contributed by atoms with Crippen LogP contribution in [0, 0.1) is 6.92 Å². The van der Waals surface area contributed by atoms with E-state index in [0.29, 0.717) is 44.9 Å². The van der Waals surface area contributed by atoms with Gasteiger partial charge in [-0.2, -0.15) is 9.97 Å². The third-order valence-corrected chi connectivity index (χ3v) is 9.65. The standard InChI is InChI=1S/C31H30N4O5S2/c1-21-15-16-24-25(29(21)40-30-26(13-9-18-32-30)27-17-19-33-31(34-27)41(4)36)12-8-14-28(24)35(20-39-3)42(37,38)22(2)23-10-6-5-7-11-23/h5-19,22H,20H2,1-4H3. The number of aromatic nitrogens is 3. The number of nitrogens with zero attached hydrogens (tertiary/aromatic N) is 4. The maximum Gasteiger partial charge on any atom is 0.342 e. The quantitative estimate of drug-likeness (QED) is 0.108. The Morgan fingerprint density at radius 2 is 1.71 bits per heavy atom. The van der Waals surface area contributed by atoms with Crippen molar-refractivity contribution in [1.29, 1.82) is 0 Å². The lowest BCUT2D eigenvalue weighted by Gasteiger charge is -2.28. The second-order valence-corrected chi connectivity index (χ2v) is 13.0. The molecule has 5 rings (SSSR count). The fraction of sp³-hybridized carbons (Fsp3) is 0.194. The molecule has 0 spiro atoms. The summed E-state index contributed by atoms with van der Waals surface area (Å²) in [6, 6.07) is 23.6. The molecule has 0 aliphatic heterocycles. The molecule has 2 aromatic heterocycles. The third kappa shape index (κ3) is 5.82. The predicted octanol–water partition coefficient (Wildman–Crippen LogP) is 6.03. The highest BCUT2D eigenvalue weighted by Crippen LogP contribution is 2.41. The first-order valence-electron chi connectivity index (χ1n) is 13.1. The number of sulfonamides is 1. The highest BCUT2D eigenvalue weighted by molar-refractivity contribution is 7.93. The molecular weight excluding hydrogens is 572 g/mol. The van der Waals surface area contributed by atoms with Gasteiger partial charge in [0.05, 0.1) is 16.9 Å². The molecule has 5 aromatic rings. The molecule has 0 aliphatic rings. The van der Waals surface area contributed by atoms with Crippen molar-refractivity contribution in [1.82, 2.24) is 15.0 Å². The van der Waals surface area contributed by atoms with E-state index in [2.05, 4.69) is 15.0 Å². The molecular formula is C31H30N4O5S2. The number of ether oxygens (including phenoxy) is 2. The first kappa shape index (κ1) is 29.5. The molecule has 0 N–H and O–H groups in total. The van der Waals surface area contributed by atoms with Gasteiger partial charge in [-0.25, -0.2) is 17.7 Å². The van der Waals surface area contributed by atoms with Gasteiger partial charge >= 0.3 is 5.16 Å². The molecule has 0 aliphatic carbocycles. The molecule has 0 radical (unpaired) electrons. The van der Waals surface area contributed by atoms with Gasteiger partial charge in [0.25, 0.3) is 0 Å². The normalized spacial score (nSPS) is 13.1. The fourth-order valence-corrected chi connectivity index (χ4v) is 6.66. The topological polar surface area (TPSA) is 118 Å². The van der Waals surface area contributed by atoms with Crippen LogP contribution in [-0.4, -0.2) is 48.0 Å². The highest BCUT2D eigenvalue weighted by Gasteiger charge is 2.31. The van der Waals surface area contributed by atoms with Gasteiger partial charge in [0.1, 0.15) is 24.0 Å². The smallest absolute Gasteiger partial charge is 0.342 e. The second kappa shape index (κ2) is 12.5. The highest BCUT2D eigenvalue weighted by atomic mass is 32.2. The van der Waals surface area contributed by atoms with Crippen molar-refractivity contribution in [3.8, 4) is 22.9 Å². The molecule has 9 nitrogen and oxygen atoms in total. The van der Waals surface area contributed by atoms with Gasteiger partial charge < -0.3 is 14.0 Å². The Labute approximate surface area is 248 Å². The molecule has 0 amide bonds. The lowest BCUT2D eigenvalue weighted by molar-refractivity contribution is 0.209. The summed E-state index contributed by atoms with van der Waals surface area (Å²) in [6.45, 7) is 3.42. The molecule has 2 heterocycles. The first-order valence-corrected chi connectivity index (χ1v) is 16.2. The summed E-state index contributed by atoms with van der Waals surface area (Å²) < 4.78 is 53.1. The average Bonchev–Trinajstić information content (AvgIpc) is 3.01. The largest absolute Gasteiger partial charge is 0.609 e. The van der Waals surface area contributed by atoms with Crippen molar-refractivity contribution >= 4 is 37.7 Å². The van der Waals surface area contributed by atoms with Crippen LogP contribution in [0.3, 0.4) is 0 Å².